The number of rotatable bonds is 8. The summed E-state index contributed by atoms with van der Waals surface area (Å²) in [7, 11) is 2.01. The molecule has 0 unspecified atom stereocenters. The van der Waals surface area contributed by atoms with Gasteiger partial charge in [0.1, 0.15) is 0 Å². The van der Waals surface area contributed by atoms with Gasteiger partial charge in [-0.15, -0.1) is 0 Å². The molecule has 0 fully saturated rings. The maximum absolute atomic E-state index is 12.2. The Labute approximate surface area is 144 Å². The SMILES string of the molecule is CC(C)CCNC(=O)c1cncc(N(C)CCc2ccncc2)c1. The van der Waals surface area contributed by atoms with E-state index in [1.54, 1.807) is 24.8 Å². The number of aromatic nitrogens is 2. The Morgan fingerprint density at radius 3 is 2.67 bits per heavy atom. The van der Waals surface area contributed by atoms with Crippen LogP contribution in [0.25, 0.3) is 0 Å². The van der Waals surface area contributed by atoms with Gasteiger partial charge in [0, 0.05) is 38.7 Å². The molecular formula is C19H26N4O. The third kappa shape index (κ3) is 5.65. The van der Waals surface area contributed by atoms with Gasteiger partial charge in [-0.25, -0.2) is 0 Å². The summed E-state index contributed by atoms with van der Waals surface area (Å²) >= 11 is 0. The Balaban J connectivity index is 1.92. The molecule has 0 saturated heterocycles. The summed E-state index contributed by atoms with van der Waals surface area (Å²) in [6.07, 6.45) is 8.91. The Morgan fingerprint density at radius 2 is 1.96 bits per heavy atom. The van der Waals surface area contributed by atoms with Crippen LogP contribution in [-0.2, 0) is 6.42 Å². The molecule has 5 heteroatoms. The van der Waals surface area contributed by atoms with Crippen molar-refractivity contribution >= 4 is 11.6 Å². The predicted molar refractivity (Wildman–Crippen MR) is 97.2 cm³/mol. The van der Waals surface area contributed by atoms with Crippen molar-refractivity contribution in [3.8, 4) is 0 Å². The lowest BCUT2D eigenvalue weighted by molar-refractivity contribution is 0.0951. The maximum Gasteiger partial charge on any atom is 0.252 e. The minimum absolute atomic E-state index is 0.0625. The molecule has 2 rings (SSSR count). The number of nitrogens with one attached hydrogen (secondary N) is 1. The monoisotopic (exact) mass is 326 g/mol. The van der Waals surface area contributed by atoms with Crippen LogP contribution in [0.2, 0.25) is 0 Å². The Bertz CT molecular complexity index is 643. The van der Waals surface area contributed by atoms with Gasteiger partial charge in [0.2, 0.25) is 0 Å². The van der Waals surface area contributed by atoms with Gasteiger partial charge >= 0.3 is 0 Å². The lowest BCUT2D eigenvalue weighted by atomic mass is 10.1. The summed E-state index contributed by atoms with van der Waals surface area (Å²) in [5.41, 5.74) is 2.79. The smallest absolute Gasteiger partial charge is 0.252 e. The van der Waals surface area contributed by atoms with E-state index in [1.165, 1.54) is 5.56 Å². The van der Waals surface area contributed by atoms with Crippen molar-refractivity contribution in [3.63, 3.8) is 0 Å². The number of amides is 1. The number of anilines is 1. The summed E-state index contributed by atoms with van der Waals surface area (Å²) in [6, 6.07) is 5.93. The number of hydrogen-bond acceptors (Lipinski definition) is 4. The standard InChI is InChI=1S/C19H26N4O/c1-15(2)4-10-22-19(24)17-12-18(14-21-13-17)23(3)11-7-16-5-8-20-9-6-16/h5-6,8-9,12-15H,4,7,10-11H2,1-3H3,(H,22,24). The fourth-order valence-corrected chi connectivity index (χ4v) is 2.31. The maximum atomic E-state index is 12.2. The zero-order chi connectivity index (χ0) is 17.4. The molecular weight excluding hydrogens is 300 g/mol. The second kappa shape index (κ2) is 9.01. The molecule has 0 radical (unpaired) electrons. The summed E-state index contributed by atoms with van der Waals surface area (Å²) in [5, 5.41) is 2.95. The van der Waals surface area contributed by atoms with Crippen molar-refractivity contribution < 1.29 is 4.79 Å². The summed E-state index contributed by atoms with van der Waals surface area (Å²) < 4.78 is 0. The molecule has 2 aromatic rings. The van der Waals surface area contributed by atoms with Gasteiger partial charge in [0.25, 0.3) is 5.91 Å². The first-order valence-electron chi connectivity index (χ1n) is 8.39. The molecule has 0 aliphatic rings. The molecule has 0 atom stereocenters. The molecule has 0 aliphatic heterocycles. The minimum atomic E-state index is -0.0625. The van der Waals surface area contributed by atoms with Crippen LogP contribution in [0.15, 0.2) is 43.0 Å². The highest BCUT2D eigenvalue weighted by Gasteiger charge is 2.09. The highest BCUT2D eigenvalue weighted by Crippen LogP contribution is 2.14. The Morgan fingerprint density at radius 1 is 1.21 bits per heavy atom. The van der Waals surface area contributed by atoms with Crippen LogP contribution >= 0.6 is 0 Å². The van der Waals surface area contributed by atoms with Gasteiger partial charge in [-0.05, 0) is 42.5 Å². The van der Waals surface area contributed by atoms with Crippen molar-refractivity contribution in [2.75, 3.05) is 25.0 Å². The van der Waals surface area contributed by atoms with Crippen LogP contribution in [0.1, 0.15) is 36.2 Å². The molecule has 0 aliphatic carbocycles. The zero-order valence-corrected chi connectivity index (χ0v) is 14.7. The van der Waals surface area contributed by atoms with Crippen LogP contribution in [0, 0.1) is 5.92 Å². The molecule has 0 aromatic carbocycles. The molecule has 24 heavy (non-hydrogen) atoms. The van der Waals surface area contributed by atoms with Gasteiger partial charge in [0.15, 0.2) is 0 Å². The van der Waals surface area contributed by atoms with Gasteiger partial charge in [0.05, 0.1) is 17.4 Å². The number of carbonyl (C=O) groups is 1. The van der Waals surface area contributed by atoms with E-state index in [-0.39, 0.29) is 5.91 Å². The summed E-state index contributed by atoms with van der Waals surface area (Å²) in [5.74, 6) is 0.515. The molecule has 1 amide bonds. The number of carbonyl (C=O) groups excluding carboxylic acids is 1. The van der Waals surface area contributed by atoms with Gasteiger partial charge in [-0.3, -0.25) is 14.8 Å². The van der Waals surface area contributed by atoms with Crippen LogP contribution in [0.5, 0.6) is 0 Å². The molecule has 0 spiro atoms. The summed E-state index contributed by atoms with van der Waals surface area (Å²) in [6.45, 7) is 5.83. The van der Waals surface area contributed by atoms with E-state index in [0.29, 0.717) is 18.0 Å². The van der Waals surface area contributed by atoms with Crippen molar-refractivity contribution in [1.82, 2.24) is 15.3 Å². The fourth-order valence-electron chi connectivity index (χ4n) is 2.31. The zero-order valence-electron chi connectivity index (χ0n) is 14.7. The largest absolute Gasteiger partial charge is 0.373 e. The molecule has 2 heterocycles. The lowest BCUT2D eigenvalue weighted by Crippen LogP contribution is -2.26. The summed E-state index contributed by atoms with van der Waals surface area (Å²) in [4.78, 5) is 22.6. The van der Waals surface area contributed by atoms with Gasteiger partial charge < -0.3 is 10.2 Å². The van der Waals surface area contributed by atoms with E-state index in [9.17, 15) is 4.79 Å². The van der Waals surface area contributed by atoms with E-state index in [4.69, 9.17) is 0 Å². The van der Waals surface area contributed by atoms with Gasteiger partial charge in [-0.2, -0.15) is 0 Å². The lowest BCUT2D eigenvalue weighted by Gasteiger charge is -2.19. The molecule has 2 aromatic heterocycles. The van der Waals surface area contributed by atoms with Crippen molar-refractivity contribution in [2.24, 2.45) is 5.92 Å². The van der Waals surface area contributed by atoms with Gasteiger partial charge in [-0.1, -0.05) is 13.8 Å². The molecule has 0 saturated carbocycles. The number of hydrogen-bond donors (Lipinski definition) is 1. The average Bonchev–Trinajstić information content (AvgIpc) is 2.60. The molecule has 0 bridgehead atoms. The Hall–Kier alpha value is -2.43. The topological polar surface area (TPSA) is 58.1 Å². The first-order valence-corrected chi connectivity index (χ1v) is 8.39. The number of nitrogens with zero attached hydrogens (tertiary/aromatic N) is 3. The van der Waals surface area contributed by atoms with Crippen molar-refractivity contribution in [1.29, 1.82) is 0 Å². The van der Waals surface area contributed by atoms with Crippen LogP contribution < -0.4 is 10.2 Å². The second-order valence-electron chi connectivity index (χ2n) is 6.40. The van der Waals surface area contributed by atoms with E-state index >= 15 is 0 Å². The number of pyridine rings is 2. The molecule has 1 N–H and O–H groups in total. The fraction of sp³-hybridized carbons (Fsp3) is 0.421. The molecule has 128 valence electrons. The second-order valence-corrected chi connectivity index (χ2v) is 6.40. The normalized spacial score (nSPS) is 10.7. The first kappa shape index (κ1) is 17.9. The third-order valence-corrected chi connectivity index (χ3v) is 3.92. The molecule has 5 nitrogen and oxygen atoms in total. The van der Waals surface area contributed by atoms with E-state index in [2.05, 4.69) is 34.0 Å². The Kier molecular flexibility index (Phi) is 6.73. The number of likely N-dealkylation sites (N-methyl/N-ethyl adjacent to an activating group) is 1. The van der Waals surface area contributed by atoms with Crippen LogP contribution in [0.3, 0.4) is 0 Å². The predicted octanol–water partition coefficient (Wildman–Crippen LogP) is 2.93. The van der Waals surface area contributed by atoms with Crippen LogP contribution in [0.4, 0.5) is 5.69 Å². The van der Waals surface area contributed by atoms with E-state index in [0.717, 1.165) is 25.1 Å². The highest BCUT2D eigenvalue weighted by molar-refractivity contribution is 5.94. The first-order chi connectivity index (χ1) is 11.6. The van der Waals surface area contributed by atoms with Crippen molar-refractivity contribution in [3.05, 3.63) is 54.1 Å². The average molecular weight is 326 g/mol. The van der Waals surface area contributed by atoms with E-state index < -0.39 is 0 Å². The highest BCUT2D eigenvalue weighted by atomic mass is 16.1. The van der Waals surface area contributed by atoms with Crippen LogP contribution in [-0.4, -0.2) is 36.0 Å². The third-order valence-electron chi connectivity index (χ3n) is 3.92. The quantitative estimate of drug-likeness (QED) is 0.810. The van der Waals surface area contributed by atoms with E-state index in [1.807, 2.05) is 25.2 Å². The minimum Gasteiger partial charge on any atom is -0.373 e. The van der Waals surface area contributed by atoms with Crippen molar-refractivity contribution in [2.45, 2.75) is 26.7 Å².